The maximum Gasteiger partial charge on any atom is 0.266 e. The molecule has 1 fully saturated rings. The van der Waals surface area contributed by atoms with Crippen LogP contribution in [-0.4, -0.2) is 45.8 Å². The lowest BCUT2D eigenvalue weighted by atomic mass is 9.78. The van der Waals surface area contributed by atoms with Gasteiger partial charge in [-0.15, -0.1) is 0 Å². The predicted molar refractivity (Wildman–Crippen MR) is 115 cm³/mol. The minimum Gasteiger partial charge on any atom is -0.365 e. The van der Waals surface area contributed by atoms with Crippen LogP contribution >= 0.6 is 11.6 Å². The summed E-state index contributed by atoms with van der Waals surface area (Å²) >= 11 is 6.06. The van der Waals surface area contributed by atoms with E-state index in [0.29, 0.717) is 43.0 Å². The first-order chi connectivity index (χ1) is 15.7. The molecule has 0 unspecified atom stereocenters. The number of rotatable bonds is 5. The fourth-order valence-electron chi connectivity index (χ4n) is 4.27. The summed E-state index contributed by atoms with van der Waals surface area (Å²) < 4.78 is 40.4. The first kappa shape index (κ1) is 23.3. The molecular formula is C22H22ClF3N6O. The molecule has 2 aliphatic rings. The molecule has 33 heavy (non-hydrogen) atoms. The number of alkyl halides is 2. The zero-order valence-electron chi connectivity index (χ0n) is 17.9. The molecule has 2 aliphatic heterocycles. The fourth-order valence-corrected chi connectivity index (χ4v) is 4.46. The number of amides is 1. The van der Waals surface area contributed by atoms with Crippen LogP contribution in [0.2, 0.25) is 5.28 Å². The van der Waals surface area contributed by atoms with E-state index in [1.54, 1.807) is 4.90 Å². The van der Waals surface area contributed by atoms with Crippen molar-refractivity contribution in [3.63, 3.8) is 0 Å². The van der Waals surface area contributed by atoms with Crippen LogP contribution in [0.15, 0.2) is 18.2 Å². The second-order valence-corrected chi connectivity index (χ2v) is 8.74. The van der Waals surface area contributed by atoms with Crippen molar-refractivity contribution < 1.29 is 18.0 Å². The Labute approximate surface area is 194 Å². The lowest BCUT2D eigenvalue weighted by molar-refractivity contribution is -0.141. The Balaban J connectivity index is 1.54. The van der Waals surface area contributed by atoms with Gasteiger partial charge in [-0.3, -0.25) is 4.79 Å². The number of nitrogens with one attached hydrogen (secondary N) is 1. The molecule has 1 saturated heterocycles. The number of hydrogen-bond acceptors (Lipinski definition) is 6. The average Bonchev–Trinajstić information content (AvgIpc) is 3.22. The van der Waals surface area contributed by atoms with Crippen LogP contribution in [0.4, 0.5) is 19.0 Å². The van der Waals surface area contributed by atoms with E-state index in [0.717, 1.165) is 6.07 Å². The Kier molecular flexibility index (Phi) is 6.45. The van der Waals surface area contributed by atoms with E-state index in [1.165, 1.54) is 12.1 Å². The smallest absolute Gasteiger partial charge is 0.266 e. The summed E-state index contributed by atoms with van der Waals surface area (Å²) in [5, 5.41) is 12.7. The fraction of sp³-hybridized carbons (Fsp3) is 0.455. The van der Waals surface area contributed by atoms with Crippen LogP contribution in [0, 0.1) is 22.6 Å². The van der Waals surface area contributed by atoms with Gasteiger partial charge in [0.2, 0.25) is 11.2 Å². The van der Waals surface area contributed by atoms with Gasteiger partial charge in [-0.25, -0.2) is 23.1 Å². The SMILES string of the molecule is CN1CCC(C#N)(C(=O)N2Cc3nc(Cl)nc(NCc4cccc(C(F)F)c4F)c3C2)CC1. The van der Waals surface area contributed by atoms with Gasteiger partial charge in [0.1, 0.15) is 17.1 Å². The molecular weight excluding hydrogens is 457 g/mol. The summed E-state index contributed by atoms with van der Waals surface area (Å²) in [4.78, 5) is 25.3. The van der Waals surface area contributed by atoms with Gasteiger partial charge >= 0.3 is 0 Å². The summed E-state index contributed by atoms with van der Waals surface area (Å²) in [6.45, 7) is 1.56. The number of fused-ring (bicyclic) bond motifs is 1. The molecule has 7 nitrogen and oxygen atoms in total. The number of carbonyl (C=O) groups excluding carboxylic acids is 1. The molecule has 0 spiro atoms. The third kappa shape index (κ3) is 4.48. The van der Waals surface area contributed by atoms with E-state index in [-0.39, 0.29) is 36.4 Å². The highest BCUT2D eigenvalue weighted by Crippen LogP contribution is 2.37. The van der Waals surface area contributed by atoms with Crippen LogP contribution in [0.25, 0.3) is 0 Å². The van der Waals surface area contributed by atoms with Gasteiger partial charge in [0.05, 0.1) is 30.4 Å². The quantitative estimate of drug-likeness (QED) is 0.656. The number of carbonyl (C=O) groups is 1. The molecule has 0 saturated carbocycles. The maximum atomic E-state index is 14.4. The summed E-state index contributed by atoms with van der Waals surface area (Å²) in [5.41, 5.74) is -0.556. The molecule has 0 radical (unpaired) electrons. The maximum absolute atomic E-state index is 14.4. The van der Waals surface area contributed by atoms with Gasteiger partial charge in [0.15, 0.2) is 0 Å². The molecule has 174 valence electrons. The second-order valence-electron chi connectivity index (χ2n) is 8.40. The van der Waals surface area contributed by atoms with Crippen LogP contribution in [0.1, 0.15) is 41.7 Å². The number of piperidine rings is 1. The molecule has 2 aromatic rings. The van der Waals surface area contributed by atoms with Gasteiger partial charge < -0.3 is 15.1 Å². The largest absolute Gasteiger partial charge is 0.365 e. The van der Waals surface area contributed by atoms with E-state index < -0.39 is 23.2 Å². The lowest BCUT2D eigenvalue weighted by Gasteiger charge is -2.36. The van der Waals surface area contributed by atoms with Gasteiger partial charge in [0.25, 0.3) is 6.43 Å². The summed E-state index contributed by atoms with van der Waals surface area (Å²) in [6, 6.07) is 6.05. The monoisotopic (exact) mass is 478 g/mol. The highest BCUT2D eigenvalue weighted by molar-refractivity contribution is 6.28. The van der Waals surface area contributed by atoms with Crippen molar-refractivity contribution in [2.75, 3.05) is 25.5 Å². The standard InChI is InChI=1S/C22H22ClF3N6O/c1-31-7-5-22(12-27,6-8-31)20(33)32-10-15-16(11-32)29-21(23)30-19(15)28-9-13-3-2-4-14(17(13)24)18(25)26/h2-4,18H,5-11H2,1H3,(H,28,29,30). The Bertz CT molecular complexity index is 1110. The number of likely N-dealkylation sites (tertiary alicyclic amines) is 1. The van der Waals surface area contributed by atoms with E-state index in [9.17, 15) is 23.2 Å². The van der Waals surface area contributed by atoms with Gasteiger partial charge in [-0.2, -0.15) is 5.26 Å². The molecule has 3 heterocycles. The van der Waals surface area contributed by atoms with E-state index in [2.05, 4.69) is 26.3 Å². The molecule has 11 heteroatoms. The third-order valence-corrected chi connectivity index (χ3v) is 6.47. The Morgan fingerprint density at radius 3 is 2.70 bits per heavy atom. The molecule has 1 amide bonds. The molecule has 4 rings (SSSR count). The minimum atomic E-state index is -2.92. The van der Waals surface area contributed by atoms with Crippen molar-refractivity contribution in [3.05, 3.63) is 51.7 Å². The zero-order valence-corrected chi connectivity index (χ0v) is 18.7. The minimum absolute atomic E-state index is 0.0528. The van der Waals surface area contributed by atoms with Crippen molar-refractivity contribution in [3.8, 4) is 6.07 Å². The van der Waals surface area contributed by atoms with E-state index in [1.807, 2.05) is 7.05 Å². The number of benzene rings is 1. The van der Waals surface area contributed by atoms with Crippen molar-refractivity contribution in [2.45, 2.75) is 38.9 Å². The molecule has 1 aromatic heterocycles. The Hall–Kier alpha value is -2.90. The summed E-state index contributed by atoms with van der Waals surface area (Å²) in [6.07, 6.45) is -2.03. The first-order valence-electron chi connectivity index (χ1n) is 10.5. The highest BCUT2D eigenvalue weighted by Gasteiger charge is 2.45. The molecule has 0 bridgehead atoms. The molecule has 0 aliphatic carbocycles. The van der Waals surface area contributed by atoms with Crippen LogP contribution in [-0.2, 0) is 24.4 Å². The highest BCUT2D eigenvalue weighted by atomic mass is 35.5. The molecule has 0 atom stereocenters. The normalized spacial score (nSPS) is 17.7. The predicted octanol–water partition coefficient (Wildman–Crippen LogP) is 3.90. The van der Waals surface area contributed by atoms with Gasteiger partial charge in [-0.05, 0) is 44.6 Å². The van der Waals surface area contributed by atoms with Crippen molar-refractivity contribution in [1.29, 1.82) is 5.26 Å². The van der Waals surface area contributed by atoms with E-state index in [4.69, 9.17) is 11.6 Å². The molecule has 1 aromatic carbocycles. The topological polar surface area (TPSA) is 85.2 Å². The van der Waals surface area contributed by atoms with Gasteiger partial charge in [0, 0.05) is 17.7 Å². The third-order valence-electron chi connectivity index (χ3n) is 6.30. The van der Waals surface area contributed by atoms with Crippen LogP contribution in [0.3, 0.4) is 0 Å². The Morgan fingerprint density at radius 1 is 1.30 bits per heavy atom. The number of aromatic nitrogens is 2. The first-order valence-corrected chi connectivity index (χ1v) is 10.9. The summed E-state index contributed by atoms with van der Waals surface area (Å²) in [5.74, 6) is -0.933. The van der Waals surface area contributed by atoms with Crippen LogP contribution in [0.5, 0.6) is 0 Å². The lowest BCUT2D eigenvalue weighted by Crippen LogP contribution is -2.47. The van der Waals surface area contributed by atoms with E-state index >= 15 is 0 Å². The van der Waals surface area contributed by atoms with Crippen molar-refractivity contribution in [1.82, 2.24) is 19.8 Å². The number of nitriles is 1. The number of hydrogen-bond donors (Lipinski definition) is 1. The average molecular weight is 479 g/mol. The van der Waals surface area contributed by atoms with Crippen molar-refractivity contribution >= 4 is 23.3 Å². The van der Waals surface area contributed by atoms with Crippen molar-refractivity contribution in [2.24, 2.45) is 5.41 Å². The number of nitrogens with zero attached hydrogens (tertiary/aromatic N) is 5. The van der Waals surface area contributed by atoms with Crippen LogP contribution < -0.4 is 5.32 Å². The van der Waals surface area contributed by atoms with Gasteiger partial charge in [-0.1, -0.05) is 18.2 Å². The second kappa shape index (κ2) is 9.15. The number of halogens is 4. The Morgan fingerprint density at radius 2 is 2.03 bits per heavy atom. The number of anilines is 1. The summed E-state index contributed by atoms with van der Waals surface area (Å²) in [7, 11) is 1.95. The molecule has 1 N–H and O–H groups in total. The zero-order chi connectivity index (χ0) is 23.8.